The first-order valence-electron chi connectivity index (χ1n) is 9.74. The van der Waals surface area contributed by atoms with Crippen LogP contribution in [0.25, 0.3) is 11.3 Å². The minimum atomic E-state index is 0.597. The molecule has 3 rings (SSSR count). The fourth-order valence-electron chi connectivity index (χ4n) is 3.10. The van der Waals surface area contributed by atoms with E-state index in [1.807, 2.05) is 24.3 Å². The van der Waals surface area contributed by atoms with Crippen molar-refractivity contribution in [2.75, 3.05) is 30.9 Å². The van der Waals surface area contributed by atoms with Gasteiger partial charge < -0.3 is 15.4 Å². The Morgan fingerprint density at radius 3 is 2.57 bits per heavy atom. The van der Waals surface area contributed by atoms with Crippen LogP contribution in [-0.2, 0) is 11.2 Å². The van der Waals surface area contributed by atoms with Crippen molar-refractivity contribution in [1.82, 2.24) is 9.97 Å². The van der Waals surface area contributed by atoms with Gasteiger partial charge in [0.15, 0.2) is 0 Å². The van der Waals surface area contributed by atoms with E-state index in [0.29, 0.717) is 5.95 Å². The predicted octanol–water partition coefficient (Wildman–Crippen LogP) is 5.21. The molecular weight excluding hydrogens is 348 g/mol. The van der Waals surface area contributed by atoms with E-state index in [2.05, 4.69) is 54.8 Å². The molecule has 0 aliphatic rings. The van der Waals surface area contributed by atoms with Crippen LogP contribution in [0.2, 0.25) is 0 Å². The van der Waals surface area contributed by atoms with E-state index < -0.39 is 0 Å². The monoisotopic (exact) mass is 376 g/mol. The van der Waals surface area contributed by atoms with Crippen molar-refractivity contribution in [3.05, 3.63) is 65.7 Å². The molecule has 2 aromatic carbocycles. The van der Waals surface area contributed by atoms with Gasteiger partial charge >= 0.3 is 0 Å². The Balaban J connectivity index is 1.93. The summed E-state index contributed by atoms with van der Waals surface area (Å²) >= 11 is 0. The lowest BCUT2D eigenvalue weighted by Crippen LogP contribution is -2.09. The van der Waals surface area contributed by atoms with Crippen LogP contribution in [0, 0.1) is 6.92 Å². The molecule has 0 saturated heterocycles. The van der Waals surface area contributed by atoms with Crippen LogP contribution in [0.5, 0.6) is 0 Å². The average Bonchev–Trinajstić information content (AvgIpc) is 2.73. The number of nitrogens with one attached hydrogen (secondary N) is 2. The van der Waals surface area contributed by atoms with E-state index >= 15 is 0 Å². The summed E-state index contributed by atoms with van der Waals surface area (Å²) in [5.74, 6) is 1.40. The molecule has 0 spiro atoms. The van der Waals surface area contributed by atoms with Gasteiger partial charge in [-0.2, -0.15) is 4.98 Å². The molecule has 28 heavy (non-hydrogen) atoms. The molecule has 0 aliphatic heterocycles. The second kappa shape index (κ2) is 9.85. The van der Waals surface area contributed by atoms with E-state index in [-0.39, 0.29) is 0 Å². The number of para-hydroxylation sites is 1. The molecule has 5 nitrogen and oxygen atoms in total. The molecule has 3 aromatic rings. The minimum Gasteiger partial charge on any atom is -0.385 e. The van der Waals surface area contributed by atoms with Crippen LogP contribution in [0.15, 0.2) is 54.6 Å². The van der Waals surface area contributed by atoms with Gasteiger partial charge in [0.2, 0.25) is 5.95 Å². The summed E-state index contributed by atoms with van der Waals surface area (Å²) in [4.78, 5) is 9.47. The SMILES string of the molecule is CCc1cccc(C)c1Nc1nc(NCCCOC)cc(-c2ccccc2)n1. The number of anilines is 3. The summed E-state index contributed by atoms with van der Waals surface area (Å²) < 4.78 is 5.13. The van der Waals surface area contributed by atoms with Gasteiger partial charge in [0, 0.05) is 37.6 Å². The Labute approximate surface area is 167 Å². The molecule has 5 heteroatoms. The quantitative estimate of drug-likeness (QED) is 0.502. The Hall–Kier alpha value is -2.92. The summed E-state index contributed by atoms with van der Waals surface area (Å²) in [5.41, 5.74) is 5.47. The predicted molar refractivity (Wildman–Crippen MR) is 116 cm³/mol. The molecule has 2 N–H and O–H groups in total. The van der Waals surface area contributed by atoms with E-state index in [1.54, 1.807) is 7.11 Å². The van der Waals surface area contributed by atoms with Crippen molar-refractivity contribution in [3.8, 4) is 11.3 Å². The first kappa shape index (κ1) is 19.8. The van der Waals surface area contributed by atoms with Gasteiger partial charge in [-0.15, -0.1) is 0 Å². The molecule has 0 amide bonds. The van der Waals surface area contributed by atoms with Crippen LogP contribution in [-0.4, -0.2) is 30.2 Å². The van der Waals surface area contributed by atoms with Gasteiger partial charge in [-0.1, -0.05) is 55.5 Å². The Morgan fingerprint density at radius 2 is 1.82 bits per heavy atom. The topological polar surface area (TPSA) is 59.1 Å². The molecular formula is C23H28N4O. The maximum absolute atomic E-state index is 5.13. The van der Waals surface area contributed by atoms with E-state index in [4.69, 9.17) is 14.7 Å². The van der Waals surface area contributed by atoms with Crippen LogP contribution in [0.4, 0.5) is 17.5 Å². The van der Waals surface area contributed by atoms with Gasteiger partial charge in [-0.05, 0) is 30.9 Å². The first-order chi connectivity index (χ1) is 13.7. The minimum absolute atomic E-state index is 0.597. The third kappa shape index (κ3) is 5.08. The first-order valence-corrected chi connectivity index (χ1v) is 9.74. The Bertz CT molecular complexity index is 896. The molecule has 0 bridgehead atoms. The van der Waals surface area contributed by atoms with Gasteiger partial charge in [0.05, 0.1) is 5.69 Å². The van der Waals surface area contributed by atoms with Gasteiger partial charge in [-0.25, -0.2) is 4.98 Å². The molecule has 0 radical (unpaired) electrons. The fraction of sp³-hybridized carbons (Fsp3) is 0.304. The summed E-state index contributed by atoms with van der Waals surface area (Å²) in [5, 5.41) is 6.84. The molecule has 146 valence electrons. The second-order valence-corrected chi connectivity index (χ2v) is 6.69. The van der Waals surface area contributed by atoms with E-state index in [0.717, 1.165) is 48.8 Å². The summed E-state index contributed by atoms with van der Waals surface area (Å²) in [6, 6.07) is 18.5. The number of ether oxygens (including phenoxy) is 1. The van der Waals surface area contributed by atoms with Gasteiger partial charge in [-0.3, -0.25) is 0 Å². The van der Waals surface area contributed by atoms with Crippen molar-refractivity contribution in [1.29, 1.82) is 0 Å². The third-order valence-electron chi connectivity index (χ3n) is 4.60. The molecule has 0 atom stereocenters. The maximum atomic E-state index is 5.13. The molecule has 0 fully saturated rings. The van der Waals surface area contributed by atoms with Crippen molar-refractivity contribution >= 4 is 17.5 Å². The third-order valence-corrected chi connectivity index (χ3v) is 4.60. The number of nitrogens with zero attached hydrogens (tertiary/aromatic N) is 2. The normalized spacial score (nSPS) is 10.7. The molecule has 1 aromatic heterocycles. The Kier molecular flexibility index (Phi) is 6.98. The lowest BCUT2D eigenvalue weighted by atomic mass is 10.1. The van der Waals surface area contributed by atoms with Crippen LogP contribution >= 0.6 is 0 Å². The smallest absolute Gasteiger partial charge is 0.229 e. The standard InChI is InChI=1S/C23H28N4O/c1-4-18-13-8-10-17(2)22(18)27-23-25-20(19-11-6-5-7-12-19)16-21(26-23)24-14-9-15-28-3/h5-8,10-13,16H,4,9,14-15H2,1-3H3,(H2,24,25,26,27). The van der Waals surface area contributed by atoms with Crippen LogP contribution in [0.1, 0.15) is 24.5 Å². The van der Waals surface area contributed by atoms with E-state index in [1.165, 1.54) is 11.1 Å². The number of hydrogen-bond donors (Lipinski definition) is 2. The lowest BCUT2D eigenvalue weighted by molar-refractivity contribution is 0.198. The van der Waals surface area contributed by atoms with Gasteiger partial charge in [0.25, 0.3) is 0 Å². The largest absolute Gasteiger partial charge is 0.385 e. The number of hydrogen-bond acceptors (Lipinski definition) is 5. The molecule has 0 unspecified atom stereocenters. The molecule has 1 heterocycles. The van der Waals surface area contributed by atoms with Crippen LogP contribution in [0.3, 0.4) is 0 Å². The highest BCUT2D eigenvalue weighted by Gasteiger charge is 2.10. The highest BCUT2D eigenvalue weighted by atomic mass is 16.5. The number of aromatic nitrogens is 2. The van der Waals surface area contributed by atoms with Crippen molar-refractivity contribution in [2.45, 2.75) is 26.7 Å². The highest BCUT2D eigenvalue weighted by Crippen LogP contribution is 2.27. The highest BCUT2D eigenvalue weighted by molar-refractivity contribution is 5.68. The summed E-state index contributed by atoms with van der Waals surface area (Å²) in [6.07, 6.45) is 1.87. The Morgan fingerprint density at radius 1 is 1.00 bits per heavy atom. The second-order valence-electron chi connectivity index (χ2n) is 6.69. The van der Waals surface area contributed by atoms with Crippen LogP contribution < -0.4 is 10.6 Å². The zero-order valence-electron chi connectivity index (χ0n) is 16.8. The van der Waals surface area contributed by atoms with Crippen molar-refractivity contribution < 1.29 is 4.74 Å². The number of methoxy groups -OCH3 is 1. The zero-order valence-corrected chi connectivity index (χ0v) is 16.8. The number of benzene rings is 2. The lowest BCUT2D eigenvalue weighted by Gasteiger charge is -2.15. The average molecular weight is 377 g/mol. The van der Waals surface area contributed by atoms with E-state index in [9.17, 15) is 0 Å². The fourth-order valence-corrected chi connectivity index (χ4v) is 3.10. The zero-order chi connectivity index (χ0) is 19.8. The number of aryl methyl sites for hydroxylation is 2. The summed E-state index contributed by atoms with van der Waals surface area (Å²) in [6.45, 7) is 5.78. The molecule has 0 aliphatic carbocycles. The van der Waals surface area contributed by atoms with Crippen molar-refractivity contribution in [3.63, 3.8) is 0 Å². The van der Waals surface area contributed by atoms with Crippen molar-refractivity contribution in [2.24, 2.45) is 0 Å². The van der Waals surface area contributed by atoms with Gasteiger partial charge in [0.1, 0.15) is 5.82 Å². The maximum Gasteiger partial charge on any atom is 0.229 e. The number of rotatable bonds is 9. The molecule has 0 saturated carbocycles. The summed E-state index contributed by atoms with van der Waals surface area (Å²) in [7, 11) is 1.72.